The first-order valence-electron chi connectivity index (χ1n) is 11.9. The molecular weight excluding hydrogens is 448 g/mol. The summed E-state index contributed by atoms with van der Waals surface area (Å²) in [4.78, 5) is 12.1. The number of hydrogen-bond donors (Lipinski definition) is 2. The number of aromatic amines is 1. The molecule has 0 spiro atoms. The van der Waals surface area contributed by atoms with Gasteiger partial charge in [-0.1, -0.05) is 32.3 Å². The molecule has 1 aromatic carbocycles. The lowest BCUT2D eigenvalue weighted by atomic mass is 10.0. The number of nitrogens with one attached hydrogen (secondary N) is 2. The van der Waals surface area contributed by atoms with Crippen LogP contribution in [0.3, 0.4) is 0 Å². The van der Waals surface area contributed by atoms with Crippen LogP contribution in [0.2, 0.25) is 18.1 Å². The van der Waals surface area contributed by atoms with Gasteiger partial charge < -0.3 is 9.74 Å². The lowest BCUT2D eigenvalue weighted by Crippen LogP contribution is -2.43. The molecule has 1 aliphatic carbocycles. The van der Waals surface area contributed by atoms with E-state index in [4.69, 9.17) is 9.52 Å². The minimum absolute atomic E-state index is 0.0394. The van der Waals surface area contributed by atoms with Crippen LogP contribution in [-0.4, -0.2) is 28.6 Å². The second kappa shape index (κ2) is 8.39. The van der Waals surface area contributed by atoms with E-state index in [9.17, 15) is 4.79 Å². The molecule has 33 heavy (non-hydrogen) atoms. The highest BCUT2D eigenvalue weighted by atomic mass is 32.1. The van der Waals surface area contributed by atoms with Crippen LogP contribution in [0.25, 0.3) is 10.1 Å². The predicted octanol–water partition coefficient (Wildman–Crippen LogP) is 6.94. The minimum Gasteiger partial charge on any atom is -0.414 e. The first-order valence-corrected chi connectivity index (χ1v) is 15.6. The van der Waals surface area contributed by atoms with E-state index >= 15 is 0 Å². The Kier molecular flexibility index (Phi) is 6.16. The molecule has 0 unspecified atom stereocenters. The van der Waals surface area contributed by atoms with Crippen molar-refractivity contribution >= 4 is 41.4 Å². The molecular formula is C25H38N4O2SSi. The fourth-order valence-corrected chi connectivity index (χ4v) is 6.40. The van der Waals surface area contributed by atoms with E-state index in [0.29, 0.717) is 17.4 Å². The second-order valence-electron chi connectivity index (χ2n) is 11.9. The van der Waals surface area contributed by atoms with Gasteiger partial charge in [0.25, 0.3) is 5.56 Å². The molecule has 1 fully saturated rings. The Labute approximate surface area is 202 Å². The summed E-state index contributed by atoms with van der Waals surface area (Å²) >= 11 is 1.37. The van der Waals surface area contributed by atoms with Crippen LogP contribution in [0.5, 0.6) is 0 Å². The van der Waals surface area contributed by atoms with E-state index in [2.05, 4.69) is 75.1 Å². The van der Waals surface area contributed by atoms with Crippen LogP contribution < -0.4 is 10.9 Å². The maximum atomic E-state index is 12.1. The normalized spacial score (nSPS) is 20.0. The number of rotatable bonds is 5. The zero-order valence-corrected chi connectivity index (χ0v) is 23.0. The van der Waals surface area contributed by atoms with Crippen LogP contribution in [0.4, 0.5) is 11.5 Å². The van der Waals surface area contributed by atoms with Crippen LogP contribution >= 0.6 is 11.5 Å². The fourth-order valence-electron chi connectivity index (χ4n) is 4.29. The molecule has 0 radical (unpaired) electrons. The van der Waals surface area contributed by atoms with Gasteiger partial charge in [0.15, 0.2) is 8.32 Å². The molecule has 2 heterocycles. The van der Waals surface area contributed by atoms with Gasteiger partial charge in [-0.15, -0.1) is 0 Å². The molecule has 8 heteroatoms. The van der Waals surface area contributed by atoms with Crippen LogP contribution in [0.1, 0.15) is 72.4 Å². The number of fused-ring (bicyclic) bond motifs is 1. The van der Waals surface area contributed by atoms with Crippen molar-refractivity contribution in [2.45, 2.75) is 96.5 Å². The Morgan fingerprint density at radius 1 is 1.15 bits per heavy atom. The zero-order chi connectivity index (χ0) is 24.2. The van der Waals surface area contributed by atoms with Crippen molar-refractivity contribution in [2.75, 3.05) is 5.32 Å². The molecule has 1 saturated carbocycles. The molecule has 2 N–H and O–H groups in total. The van der Waals surface area contributed by atoms with E-state index in [1.807, 2.05) is 18.2 Å². The Morgan fingerprint density at radius 2 is 1.88 bits per heavy atom. The molecule has 1 aliphatic rings. The van der Waals surface area contributed by atoms with E-state index in [0.717, 1.165) is 41.2 Å². The summed E-state index contributed by atoms with van der Waals surface area (Å²) in [6, 6.07) is 8.11. The summed E-state index contributed by atoms with van der Waals surface area (Å²) in [6.07, 6.45) is 3.55. The van der Waals surface area contributed by atoms with Crippen molar-refractivity contribution in [1.82, 2.24) is 14.2 Å². The first kappa shape index (κ1) is 24.2. The highest BCUT2D eigenvalue weighted by Gasteiger charge is 2.41. The summed E-state index contributed by atoms with van der Waals surface area (Å²) in [5, 5.41) is 9.52. The lowest BCUT2D eigenvalue weighted by molar-refractivity contribution is 0.186. The molecule has 0 saturated heterocycles. The van der Waals surface area contributed by atoms with Gasteiger partial charge in [0.1, 0.15) is 5.82 Å². The summed E-state index contributed by atoms with van der Waals surface area (Å²) in [6.45, 7) is 18.1. The molecule has 3 aromatic rings. The monoisotopic (exact) mass is 486 g/mol. The zero-order valence-electron chi connectivity index (χ0n) is 21.2. The van der Waals surface area contributed by atoms with Crippen LogP contribution in [-0.2, 0) is 9.96 Å². The lowest BCUT2D eigenvalue weighted by Gasteiger charge is -2.38. The highest BCUT2D eigenvalue weighted by molar-refractivity contribution is 7.13. The molecule has 2 atom stereocenters. The van der Waals surface area contributed by atoms with Gasteiger partial charge in [0.05, 0.1) is 21.3 Å². The third-order valence-electron chi connectivity index (χ3n) is 7.18. The minimum atomic E-state index is -1.77. The first-order chi connectivity index (χ1) is 15.2. The van der Waals surface area contributed by atoms with Gasteiger partial charge >= 0.3 is 0 Å². The Hall–Kier alpha value is -1.90. The third kappa shape index (κ3) is 4.98. The van der Waals surface area contributed by atoms with Gasteiger partial charge in [-0.2, -0.15) is 5.10 Å². The molecule has 0 aliphatic heterocycles. The van der Waals surface area contributed by atoms with E-state index in [1.165, 1.54) is 11.5 Å². The maximum Gasteiger partial charge on any atom is 0.265 e. The average molecular weight is 487 g/mol. The number of benzene rings is 1. The standard InChI is InChI=1S/C25H38N4O2SSi/c1-24(2,3)29-22(26-17-10-12-21-19(14-17)23(30)28-32-21)15-20(27-29)16-9-11-18(13-16)31-33(7,8)25(4,5)6/h10,12,14-16,18,26H,9,11,13H2,1-8H3,(H,28,30)/t16-,18+/m0/s1. The quantitative estimate of drug-likeness (QED) is 0.383. The van der Waals surface area contributed by atoms with Crippen molar-refractivity contribution in [2.24, 2.45) is 0 Å². The Balaban J connectivity index is 1.57. The fraction of sp³-hybridized carbons (Fsp3) is 0.600. The van der Waals surface area contributed by atoms with Crippen molar-refractivity contribution in [1.29, 1.82) is 0 Å². The van der Waals surface area contributed by atoms with Crippen molar-refractivity contribution < 1.29 is 4.43 Å². The predicted molar refractivity (Wildman–Crippen MR) is 142 cm³/mol. The Morgan fingerprint density at radius 3 is 2.55 bits per heavy atom. The SMILES string of the molecule is CC(C)(C)n1nc([C@H]2CC[C@@H](O[Si](C)(C)C(C)(C)C)C2)cc1Nc1ccc2s[nH]c(=O)c2c1. The van der Waals surface area contributed by atoms with Crippen molar-refractivity contribution in [3.05, 3.63) is 40.3 Å². The maximum absolute atomic E-state index is 12.1. The van der Waals surface area contributed by atoms with E-state index in [1.54, 1.807) is 0 Å². The highest BCUT2D eigenvalue weighted by Crippen LogP contribution is 2.43. The largest absolute Gasteiger partial charge is 0.414 e. The summed E-state index contributed by atoms with van der Waals surface area (Å²) < 4.78 is 12.6. The molecule has 2 aromatic heterocycles. The van der Waals surface area contributed by atoms with Crippen LogP contribution in [0, 0.1) is 0 Å². The van der Waals surface area contributed by atoms with E-state index < -0.39 is 8.32 Å². The van der Waals surface area contributed by atoms with E-state index in [-0.39, 0.29) is 16.1 Å². The van der Waals surface area contributed by atoms with Crippen molar-refractivity contribution in [3.63, 3.8) is 0 Å². The number of hydrogen-bond acceptors (Lipinski definition) is 5. The topological polar surface area (TPSA) is 71.9 Å². The molecule has 0 bridgehead atoms. The van der Waals surface area contributed by atoms with Gasteiger partial charge in [0.2, 0.25) is 0 Å². The summed E-state index contributed by atoms with van der Waals surface area (Å²) in [5.74, 6) is 1.36. The molecule has 4 rings (SSSR count). The number of anilines is 2. The van der Waals surface area contributed by atoms with Gasteiger partial charge in [-0.25, -0.2) is 4.68 Å². The Bertz CT molecular complexity index is 1200. The van der Waals surface area contributed by atoms with Gasteiger partial charge in [-0.3, -0.25) is 9.17 Å². The van der Waals surface area contributed by atoms with Crippen LogP contribution in [0.15, 0.2) is 29.1 Å². The smallest absolute Gasteiger partial charge is 0.265 e. The number of aromatic nitrogens is 3. The third-order valence-corrected chi connectivity index (χ3v) is 12.6. The molecule has 6 nitrogen and oxygen atoms in total. The van der Waals surface area contributed by atoms with Gasteiger partial charge in [-0.05, 0) is 76.4 Å². The number of H-pyrrole nitrogens is 1. The second-order valence-corrected chi connectivity index (χ2v) is 17.5. The van der Waals surface area contributed by atoms with Gasteiger partial charge in [0, 0.05) is 23.8 Å². The number of nitrogens with zero attached hydrogens (tertiary/aromatic N) is 2. The molecule has 0 amide bonds. The summed E-state index contributed by atoms with van der Waals surface area (Å²) in [7, 11) is -1.77. The molecule has 180 valence electrons. The van der Waals surface area contributed by atoms with Crippen molar-refractivity contribution in [3.8, 4) is 0 Å². The average Bonchev–Trinajstić information content (AvgIpc) is 3.40. The summed E-state index contributed by atoms with van der Waals surface area (Å²) in [5.41, 5.74) is 1.82.